The molecule has 2 nitrogen and oxygen atoms in total. The van der Waals surface area contributed by atoms with E-state index in [-0.39, 0.29) is 0 Å². The molecule has 0 saturated heterocycles. The summed E-state index contributed by atoms with van der Waals surface area (Å²) >= 11 is 3.56. The lowest BCUT2D eigenvalue weighted by molar-refractivity contribution is 0.546. The number of benzene rings is 1. The molecule has 0 spiro atoms. The predicted molar refractivity (Wildman–Crippen MR) is 68.1 cm³/mol. The Hall–Kier alpha value is -1.06. The Morgan fingerprint density at radius 1 is 1.31 bits per heavy atom. The van der Waals surface area contributed by atoms with Crippen molar-refractivity contribution in [1.29, 1.82) is 0 Å². The van der Waals surface area contributed by atoms with Gasteiger partial charge in [-0.3, -0.25) is 0 Å². The summed E-state index contributed by atoms with van der Waals surface area (Å²) in [6, 6.07) is 10.5. The van der Waals surface area contributed by atoms with Crippen molar-refractivity contribution in [3.05, 3.63) is 58.5 Å². The van der Waals surface area contributed by atoms with Crippen LogP contribution in [0.4, 0.5) is 0 Å². The molecule has 1 aromatic heterocycles. The van der Waals surface area contributed by atoms with Gasteiger partial charge >= 0.3 is 0 Å². The maximum absolute atomic E-state index is 5.03. The second kappa shape index (κ2) is 5.32. The second-order valence-corrected chi connectivity index (χ2v) is 4.61. The molecule has 1 heterocycles. The van der Waals surface area contributed by atoms with Gasteiger partial charge in [-0.1, -0.05) is 34.1 Å². The molecule has 0 saturated carbocycles. The van der Waals surface area contributed by atoms with Crippen LogP contribution in [-0.2, 0) is 6.54 Å². The van der Waals surface area contributed by atoms with E-state index in [4.69, 9.17) is 4.42 Å². The lowest BCUT2D eigenvalue weighted by atomic mass is 10.1. The molecule has 0 unspecified atom stereocenters. The van der Waals surface area contributed by atoms with Crippen molar-refractivity contribution in [3.8, 4) is 0 Å². The van der Waals surface area contributed by atoms with Gasteiger partial charge in [0.05, 0.1) is 12.5 Å². The van der Waals surface area contributed by atoms with E-state index in [1.54, 1.807) is 12.5 Å². The fourth-order valence-corrected chi connectivity index (χ4v) is 2.23. The summed E-state index contributed by atoms with van der Waals surface area (Å²) in [6.45, 7) is 2.97. The highest BCUT2D eigenvalue weighted by atomic mass is 79.9. The molecule has 16 heavy (non-hydrogen) atoms. The number of halogens is 1. The van der Waals surface area contributed by atoms with Crippen molar-refractivity contribution in [1.82, 2.24) is 5.32 Å². The maximum atomic E-state index is 5.03. The van der Waals surface area contributed by atoms with E-state index in [0.29, 0.717) is 6.04 Å². The van der Waals surface area contributed by atoms with Crippen molar-refractivity contribution < 1.29 is 4.42 Å². The minimum absolute atomic E-state index is 0.311. The Morgan fingerprint density at radius 2 is 2.12 bits per heavy atom. The van der Waals surface area contributed by atoms with Gasteiger partial charge in [-0.15, -0.1) is 0 Å². The maximum Gasteiger partial charge on any atom is 0.0947 e. The first-order valence-electron chi connectivity index (χ1n) is 5.26. The monoisotopic (exact) mass is 279 g/mol. The average Bonchev–Trinajstić information content (AvgIpc) is 2.79. The fourth-order valence-electron chi connectivity index (χ4n) is 1.60. The van der Waals surface area contributed by atoms with Crippen molar-refractivity contribution in [2.45, 2.75) is 19.5 Å². The largest absolute Gasteiger partial charge is 0.472 e. The number of hydrogen-bond acceptors (Lipinski definition) is 2. The van der Waals surface area contributed by atoms with Gasteiger partial charge in [0.1, 0.15) is 0 Å². The van der Waals surface area contributed by atoms with Gasteiger partial charge in [0.2, 0.25) is 0 Å². The Morgan fingerprint density at radius 3 is 2.81 bits per heavy atom. The Labute approximate surface area is 104 Å². The molecule has 2 rings (SSSR count). The molecular formula is C13H14BrNO. The van der Waals surface area contributed by atoms with E-state index in [2.05, 4.69) is 46.4 Å². The van der Waals surface area contributed by atoms with Gasteiger partial charge in [0.15, 0.2) is 0 Å². The Bertz CT molecular complexity index is 439. The van der Waals surface area contributed by atoms with Gasteiger partial charge in [-0.25, -0.2) is 0 Å². The van der Waals surface area contributed by atoms with Crippen LogP contribution in [0.3, 0.4) is 0 Å². The van der Waals surface area contributed by atoms with Gasteiger partial charge in [0.25, 0.3) is 0 Å². The van der Waals surface area contributed by atoms with E-state index in [1.165, 1.54) is 11.1 Å². The molecule has 1 N–H and O–H groups in total. The van der Waals surface area contributed by atoms with Crippen LogP contribution in [0.15, 0.2) is 51.7 Å². The molecule has 0 fully saturated rings. The lowest BCUT2D eigenvalue weighted by Gasteiger charge is -2.15. The van der Waals surface area contributed by atoms with Crippen molar-refractivity contribution >= 4 is 15.9 Å². The smallest absolute Gasteiger partial charge is 0.0947 e. The quantitative estimate of drug-likeness (QED) is 0.919. The second-order valence-electron chi connectivity index (χ2n) is 3.76. The van der Waals surface area contributed by atoms with Gasteiger partial charge in [0, 0.05) is 22.6 Å². The summed E-state index contributed by atoms with van der Waals surface area (Å²) in [5.41, 5.74) is 2.44. The van der Waals surface area contributed by atoms with Crippen LogP contribution in [0.1, 0.15) is 24.1 Å². The molecule has 2 aromatic rings. The highest BCUT2D eigenvalue weighted by Crippen LogP contribution is 2.22. The third kappa shape index (κ3) is 2.74. The molecule has 0 amide bonds. The van der Waals surface area contributed by atoms with Gasteiger partial charge < -0.3 is 9.73 Å². The standard InChI is InChI=1S/C13H14BrNO/c1-10(12-4-2-3-5-13(12)14)15-8-11-6-7-16-9-11/h2-7,9-10,15H,8H2,1H3/t10-/m0/s1. The van der Waals surface area contributed by atoms with Crippen molar-refractivity contribution in [3.63, 3.8) is 0 Å². The minimum atomic E-state index is 0.311. The van der Waals surface area contributed by atoms with E-state index < -0.39 is 0 Å². The van der Waals surface area contributed by atoms with Crippen LogP contribution < -0.4 is 5.32 Å². The Kier molecular flexibility index (Phi) is 3.80. The molecule has 1 aromatic carbocycles. The molecular weight excluding hydrogens is 266 g/mol. The topological polar surface area (TPSA) is 25.2 Å². The highest BCUT2D eigenvalue weighted by Gasteiger charge is 2.07. The van der Waals surface area contributed by atoms with Crippen molar-refractivity contribution in [2.24, 2.45) is 0 Å². The third-order valence-electron chi connectivity index (χ3n) is 2.56. The van der Waals surface area contributed by atoms with Crippen LogP contribution in [0, 0.1) is 0 Å². The van der Waals surface area contributed by atoms with Gasteiger partial charge in [-0.05, 0) is 24.6 Å². The summed E-state index contributed by atoms with van der Waals surface area (Å²) in [6.07, 6.45) is 3.46. The number of nitrogens with one attached hydrogen (secondary N) is 1. The molecule has 1 atom stereocenters. The zero-order chi connectivity index (χ0) is 11.4. The first kappa shape index (κ1) is 11.4. The van der Waals surface area contributed by atoms with E-state index >= 15 is 0 Å². The first-order valence-corrected chi connectivity index (χ1v) is 6.05. The molecule has 0 aliphatic heterocycles. The fraction of sp³-hybridized carbons (Fsp3) is 0.231. The molecule has 84 valence electrons. The zero-order valence-electron chi connectivity index (χ0n) is 9.11. The number of rotatable bonds is 4. The van der Waals surface area contributed by atoms with E-state index in [0.717, 1.165) is 11.0 Å². The summed E-state index contributed by atoms with van der Waals surface area (Å²) in [7, 11) is 0. The normalized spacial score (nSPS) is 12.6. The molecule has 0 aliphatic carbocycles. The van der Waals surface area contributed by atoms with Crippen LogP contribution in [0.2, 0.25) is 0 Å². The SMILES string of the molecule is C[C@H](NCc1ccoc1)c1ccccc1Br. The van der Waals surface area contributed by atoms with E-state index in [9.17, 15) is 0 Å². The Balaban J connectivity index is 1.98. The summed E-state index contributed by atoms with van der Waals surface area (Å²) < 4.78 is 6.17. The van der Waals surface area contributed by atoms with Crippen LogP contribution in [0.25, 0.3) is 0 Å². The molecule has 3 heteroatoms. The summed E-state index contributed by atoms with van der Waals surface area (Å²) in [5, 5.41) is 3.45. The third-order valence-corrected chi connectivity index (χ3v) is 3.29. The summed E-state index contributed by atoms with van der Waals surface area (Å²) in [5.74, 6) is 0. The van der Waals surface area contributed by atoms with Crippen molar-refractivity contribution in [2.75, 3.05) is 0 Å². The number of furan rings is 1. The van der Waals surface area contributed by atoms with Crippen LogP contribution in [0.5, 0.6) is 0 Å². The van der Waals surface area contributed by atoms with E-state index in [1.807, 2.05) is 12.1 Å². The summed E-state index contributed by atoms with van der Waals surface area (Å²) in [4.78, 5) is 0. The molecule has 0 radical (unpaired) electrons. The molecule has 0 aliphatic rings. The minimum Gasteiger partial charge on any atom is -0.472 e. The van der Waals surface area contributed by atoms with Crippen LogP contribution in [-0.4, -0.2) is 0 Å². The average molecular weight is 280 g/mol. The first-order chi connectivity index (χ1) is 7.77. The van der Waals surface area contributed by atoms with Gasteiger partial charge in [-0.2, -0.15) is 0 Å². The zero-order valence-corrected chi connectivity index (χ0v) is 10.7. The highest BCUT2D eigenvalue weighted by molar-refractivity contribution is 9.10. The predicted octanol–water partition coefficient (Wildman–Crippen LogP) is 3.89. The van der Waals surface area contributed by atoms with Crippen LogP contribution >= 0.6 is 15.9 Å². The lowest BCUT2D eigenvalue weighted by Crippen LogP contribution is -2.18. The molecule has 0 bridgehead atoms. The number of hydrogen-bond donors (Lipinski definition) is 1.